The topological polar surface area (TPSA) is 26.0 Å². The van der Waals surface area contributed by atoms with Crippen molar-refractivity contribution < 1.29 is 0 Å². The first-order chi connectivity index (χ1) is 3.80. The van der Waals surface area contributed by atoms with Crippen LogP contribution in [0.1, 0.15) is 0 Å². The summed E-state index contributed by atoms with van der Waals surface area (Å²) in [4.78, 5) is 0. The van der Waals surface area contributed by atoms with Crippen molar-refractivity contribution in [3.05, 3.63) is 24.3 Å². The van der Waals surface area contributed by atoms with Gasteiger partial charge in [-0.25, -0.2) is 0 Å². The molecule has 8 heavy (non-hydrogen) atoms. The van der Waals surface area contributed by atoms with Gasteiger partial charge in [-0.05, 0) is 0 Å². The molecule has 0 spiro atoms. The molecule has 0 aliphatic heterocycles. The molecule has 0 aliphatic carbocycles. The van der Waals surface area contributed by atoms with Crippen LogP contribution in [-0.4, -0.2) is 16.0 Å². The van der Waals surface area contributed by atoms with E-state index >= 15 is 0 Å². The Hall–Kier alpha value is -0.461. The third kappa shape index (κ3) is 1.03. The molecule has 0 radical (unpaired) electrons. The Morgan fingerprint density at radius 1 is 1.25 bits per heavy atom. The first kappa shape index (κ1) is 5.67. The molecule has 1 aromatic rings. The summed E-state index contributed by atoms with van der Waals surface area (Å²) in [7, 11) is 0. The molecule has 0 heterocycles. The maximum atomic E-state index is 5.49. The van der Waals surface area contributed by atoms with Crippen molar-refractivity contribution in [2.45, 2.75) is 0 Å². The van der Waals surface area contributed by atoms with Crippen LogP contribution in [0, 0.1) is 0 Å². The fourth-order valence-corrected chi connectivity index (χ4v) is 0.788. The summed E-state index contributed by atoms with van der Waals surface area (Å²) < 4.78 is 1.02. The minimum absolute atomic E-state index is 0.813. The van der Waals surface area contributed by atoms with Gasteiger partial charge in [0.2, 0.25) is 0 Å². The Kier molecular flexibility index (Phi) is 1.56. The Morgan fingerprint density at radius 2 is 1.88 bits per heavy atom. The zero-order valence-electron chi connectivity index (χ0n) is 4.29. The molecule has 1 rings (SSSR count). The Morgan fingerprint density at radius 3 is 2.25 bits per heavy atom. The van der Waals surface area contributed by atoms with Crippen LogP contribution < -0.4 is 10.2 Å². The molecule has 0 unspecified atom stereocenters. The van der Waals surface area contributed by atoms with Crippen LogP contribution in [0.4, 0.5) is 5.69 Å². The number of anilines is 1. The molecule has 1 nitrogen and oxygen atoms in total. The summed E-state index contributed by atoms with van der Waals surface area (Å²) in [6.07, 6.45) is 0. The predicted octanol–water partition coefficient (Wildman–Crippen LogP) is 0.0626. The third-order valence-corrected chi connectivity index (χ3v) is 1.70. The quantitative estimate of drug-likeness (QED) is 0.433. The number of hydrogen-bond donors (Lipinski definition) is 1. The first-order valence-electron chi connectivity index (χ1n) is 2.32. The van der Waals surface area contributed by atoms with E-state index in [0.717, 1.165) is 10.1 Å². The van der Waals surface area contributed by atoms with Gasteiger partial charge in [-0.3, -0.25) is 0 Å². The van der Waals surface area contributed by atoms with E-state index in [4.69, 9.17) is 5.73 Å². The molecule has 1 aromatic carbocycles. The van der Waals surface area contributed by atoms with Crippen LogP contribution in [-0.2, 0) is 0 Å². The van der Waals surface area contributed by atoms with Gasteiger partial charge in [0.25, 0.3) is 0 Å². The molecule has 2 N–H and O–H groups in total. The van der Waals surface area contributed by atoms with E-state index < -0.39 is 0 Å². The Balaban J connectivity index is 3.13. The Labute approximate surface area is 56.7 Å². The zero-order valence-corrected chi connectivity index (χ0v) is 6.01. The van der Waals surface area contributed by atoms with Crippen molar-refractivity contribution >= 4 is 26.2 Å². The average molecular weight is 171 g/mol. The molecule has 0 amide bonds. The van der Waals surface area contributed by atoms with E-state index in [1.165, 1.54) is 0 Å². The van der Waals surface area contributed by atoms with Gasteiger partial charge < -0.3 is 0 Å². The van der Waals surface area contributed by atoms with Gasteiger partial charge in [-0.2, -0.15) is 0 Å². The fourth-order valence-electron chi connectivity index (χ4n) is 0.481. The summed E-state index contributed by atoms with van der Waals surface area (Å²) in [5.74, 6) is 0. The van der Waals surface area contributed by atoms with Crippen molar-refractivity contribution in [2.24, 2.45) is 0 Å². The maximum absolute atomic E-state index is 5.49. The van der Waals surface area contributed by atoms with Crippen LogP contribution in [0.2, 0.25) is 0 Å². The molecule has 0 aromatic heterocycles. The first-order valence-corrected chi connectivity index (χ1v) is 3.18. The van der Waals surface area contributed by atoms with Crippen molar-refractivity contribution in [3.8, 4) is 0 Å². The van der Waals surface area contributed by atoms with E-state index in [0.29, 0.717) is 0 Å². The van der Waals surface area contributed by atoms with Crippen molar-refractivity contribution in [2.75, 3.05) is 5.73 Å². The van der Waals surface area contributed by atoms with Crippen LogP contribution in [0.3, 0.4) is 0 Å². The molecule has 0 saturated carbocycles. The monoisotopic (exact) mass is 172 g/mol. The molecule has 42 valence electrons. The van der Waals surface area contributed by atoms with E-state index in [-0.39, 0.29) is 0 Å². The Bertz CT molecular complexity index is 165. The molecule has 0 atom stereocenters. The van der Waals surface area contributed by atoms with Crippen LogP contribution in [0.15, 0.2) is 24.3 Å². The number of hydrogen-bond acceptors (Lipinski definition) is 1. The van der Waals surface area contributed by atoms with E-state index in [2.05, 4.69) is 16.0 Å². The normalized spacial score (nSPS) is 9.00. The SMILES string of the molecule is Nc1ccccc1[Se-]. The second kappa shape index (κ2) is 2.21. The molecule has 2 heteroatoms. The third-order valence-electron chi connectivity index (χ3n) is 0.919. The van der Waals surface area contributed by atoms with Gasteiger partial charge in [-0.15, -0.1) is 0 Å². The summed E-state index contributed by atoms with van der Waals surface area (Å²) in [6.45, 7) is 0. The number of nitrogen functional groups attached to an aromatic ring is 1. The average Bonchev–Trinajstić information content (AvgIpc) is 1.77. The standard InChI is InChI=1S/C6H7NSe/c7-5-3-1-2-4-6(5)8/h1-4,8H,7H2/p-1. The zero-order chi connectivity index (χ0) is 5.98. The molecule has 0 aliphatic rings. The summed E-state index contributed by atoms with van der Waals surface area (Å²) in [6, 6.07) is 7.67. The van der Waals surface area contributed by atoms with Gasteiger partial charge >= 0.3 is 56.2 Å². The molecule has 0 bridgehead atoms. The second-order valence-corrected chi connectivity index (χ2v) is 2.46. The minimum atomic E-state index is 0.813. The van der Waals surface area contributed by atoms with E-state index in [1.54, 1.807) is 0 Å². The van der Waals surface area contributed by atoms with Gasteiger partial charge in [0.15, 0.2) is 0 Å². The summed E-state index contributed by atoms with van der Waals surface area (Å²) in [5, 5.41) is 0. The second-order valence-electron chi connectivity index (χ2n) is 1.54. The summed E-state index contributed by atoms with van der Waals surface area (Å²) in [5.41, 5.74) is 6.30. The molecular weight excluding hydrogens is 165 g/mol. The molecular formula is C6H6NSe-. The number of rotatable bonds is 0. The van der Waals surface area contributed by atoms with Crippen LogP contribution >= 0.6 is 0 Å². The van der Waals surface area contributed by atoms with Crippen molar-refractivity contribution in [3.63, 3.8) is 0 Å². The summed E-state index contributed by atoms with van der Waals surface area (Å²) >= 11 is 2.85. The van der Waals surface area contributed by atoms with Crippen LogP contribution in [0.25, 0.3) is 0 Å². The van der Waals surface area contributed by atoms with Gasteiger partial charge in [0.05, 0.1) is 0 Å². The molecule has 0 fully saturated rings. The van der Waals surface area contributed by atoms with Gasteiger partial charge in [0.1, 0.15) is 0 Å². The van der Waals surface area contributed by atoms with Crippen LogP contribution in [0.5, 0.6) is 0 Å². The number of para-hydroxylation sites is 1. The van der Waals surface area contributed by atoms with E-state index in [1.807, 2.05) is 24.3 Å². The fraction of sp³-hybridized carbons (Fsp3) is 0. The van der Waals surface area contributed by atoms with E-state index in [9.17, 15) is 0 Å². The van der Waals surface area contributed by atoms with Crippen molar-refractivity contribution in [1.82, 2.24) is 0 Å². The van der Waals surface area contributed by atoms with Gasteiger partial charge in [0, 0.05) is 0 Å². The van der Waals surface area contributed by atoms with Crippen molar-refractivity contribution in [1.29, 1.82) is 0 Å². The molecule has 0 saturated heterocycles. The predicted molar refractivity (Wildman–Crippen MR) is 36.2 cm³/mol. The number of nitrogens with two attached hydrogens (primary N) is 1. The number of benzene rings is 1. The van der Waals surface area contributed by atoms with Gasteiger partial charge in [-0.1, -0.05) is 0 Å².